The van der Waals surface area contributed by atoms with E-state index in [-0.39, 0.29) is 37.0 Å². The molecule has 0 aromatic heterocycles. The van der Waals surface area contributed by atoms with E-state index in [1.54, 1.807) is 12.0 Å². The molecule has 0 bridgehead atoms. The molecule has 1 aromatic carbocycles. The summed E-state index contributed by atoms with van der Waals surface area (Å²) in [5, 5.41) is 2.90. The van der Waals surface area contributed by atoms with Crippen molar-refractivity contribution < 1.29 is 23.8 Å². The number of likely N-dealkylation sites (tertiary alicyclic amines) is 1. The number of carbonyl (C=O) groups excluding carboxylic acids is 2. The minimum atomic E-state index is -0.300. The Labute approximate surface area is 147 Å². The summed E-state index contributed by atoms with van der Waals surface area (Å²) < 4.78 is 15.7. The van der Waals surface area contributed by atoms with E-state index in [0.717, 1.165) is 17.7 Å². The molecule has 2 fully saturated rings. The number of ether oxygens (including phenoxy) is 3. The maximum absolute atomic E-state index is 12.3. The second-order valence-corrected chi connectivity index (χ2v) is 6.37. The topological polar surface area (TPSA) is 77.1 Å². The van der Waals surface area contributed by atoms with Crippen LogP contribution in [0.5, 0.6) is 5.75 Å². The molecule has 0 unspecified atom stereocenters. The van der Waals surface area contributed by atoms with Gasteiger partial charge in [-0.1, -0.05) is 12.1 Å². The highest BCUT2D eigenvalue weighted by molar-refractivity contribution is 5.89. The molecule has 2 saturated heterocycles. The van der Waals surface area contributed by atoms with Crippen LogP contribution >= 0.6 is 0 Å². The predicted octanol–water partition coefficient (Wildman–Crippen LogP) is 0.923. The number of rotatable bonds is 6. The molecule has 3 rings (SSSR count). The lowest BCUT2D eigenvalue weighted by molar-refractivity contribution is -0.142. The van der Waals surface area contributed by atoms with Crippen LogP contribution in [0.2, 0.25) is 0 Å². The Morgan fingerprint density at radius 2 is 2.16 bits per heavy atom. The number of hydrogen-bond acceptors (Lipinski definition) is 5. The van der Waals surface area contributed by atoms with Crippen LogP contribution in [0.4, 0.5) is 0 Å². The summed E-state index contributed by atoms with van der Waals surface area (Å²) in [7, 11) is 1.62. The number of nitrogens with one attached hydrogen (secondary N) is 1. The molecule has 1 N–H and O–H groups in total. The summed E-state index contributed by atoms with van der Waals surface area (Å²) >= 11 is 0. The summed E-state index contributed by atoms with van der Waals surface area (Å²) in [5.41, 5.74) is 1.02. The van der Waals surface area contributed by atoms with E-state index in [1.165, 1.54) is 0 Å². The second kappa shape index (κ2) is 8.31. The van der Waals surface area contributed by atoms with Gasteiger partial charge in [0.15, 0.2) is 0 Å². The van der Waals surface area contributed by atoms with Crippen LogP contribution in [0.1, 0.15) is 18.4 Å². The molecule has 0 radical (unpaired) electrons. The van der Waals surface area contributed by atoms with Gasteiger partial charge in [-0.3, -0.25) is 9.59 Å². The number of amides is 2. The maximum atomic E-state index is 12.3. The van der Waals surface area contributed by atoms with Gasteiger partial charge in [-0.15, -0.1) is 0 Å². The van der Waals surface area contributed by atoms with Crippen molar-refractivity contribution >= 4 is 11.8 Å². The SMILES string of the molecule is COc1ccc(CN2C[C@H](C(=O)NC[C@H]3CCOCO3)CC2=O)cc1. The molecule has 2 amide bonds. The average molecular weight is 348 g/mol. The lowest BCUT2D eigenvalue weighted by Crippen LogP contribution is -2.40. The highest BCUT2D eigenvalue weighted by Crippen LogP contribution is 2.21. The van der Waals surface area contributed by atoms with Crippen LogP contribution < -0.4 is 10.1 Å². The summed E-state index contributed by atoms with van der Waals surface area (Å²) in [6.45, 7) is 2.35. The molecule has 0 spiro atoms. The first-order chi connectivity index (χ1) is 12.2. The van der Waals surface area contributed by atoms with Crippen LogP contribution in [-0.2, 0) is 25.6 Å². The Morgan fingerprint density at radius 1 is 1.36 bits per heavy atom. The van der Waals surface area contributed by atoms with Gasteiger partial charge < -0.3 is 24.4 Å². The number of carbonyl (C=O) groups is 2. The average Bonchev–Trinajstić information content (AvgIpc) is 3.02. The van der Waals surface area contributed by atoms with Crippen LogP contribution in [0.15, 0.2) is 24.3 Å². The Kier molecular flexibility index (Phi) is 5.88. The van der Waals surface area contributed by atoms with Crippen molar-refractivity contribution in [2.45, 2.75) is 25.5 Å². The van der Waals surface area contributed by atoms with Crippen molar-refractivity contribution in [1.29, 1.82) is 0 Å². The molecular formula is C18H24N2O5. The van der Waals surface area contributed by atoms with Crippen molar-refractivity contribution in [3.8, 4) is 5.75 Å². The first-order valence-corrected chi connectivity index (χ1v) is 8.53. The normalized spacial score (nSPS) is 23.6. The van der Waals surface area contributed by atoms with Gasteiger partial charge in [-0.2, -0.15) is 0 Å². The summed E-state index contributed by atoms with van der Waals surface area (Å²) in [6.07, 6.45) is 1.02. The van der Waals surface area contributed by atoms with E-state index in [1.807, 2.05) is 24.3 Å². The van der Waals surface area contributed by atoms with Crippen molar-refractivity contribution in [2.75, 3.05) is 33.6 Å². The first-order valence-electron chi connectivity index (χ1n) is 8.53. The monoisotopic (exact) mass is 348 g/mol. The number of nitrogens with zero attached hydrogens (tertiary/aromatic N) is 1. The highest BCUT2D eigenvalue weighted by Gasteiger charge is 2.34. The van der Waals surface area contributed by atoms with E-state index in [4.69, 9.17) is 14.2 Å². The third kappa shape index (κ3) is 4.70. The number of hydrogen-bond donors (Lipinski definition) is 1. The Balaban J connectivity index is 1.48. The molecule has 7 heteroatoms. The lowest BCUT2D eigenvalue weighted by atomic mass is 10.1. The second-order valence-electron chi connectivity index (χ2n) is 6.37. The molecule has 2 aliphatic heterocycles. The maximum Gasteiger partial charge on any atom is 0.225 e. The summed E-state index contributed by atoms with van der Waals surface area (Å²) in [5.74, 6) is 0.411. The quantitative estimate of drug-likeness (QED) is 0.827. The van der Waals surface area contributed by atoms with Crippen LogP contribution in [0.25, 0.3) is 0 Å². The molecule has 136 valence electrons. The van der Waals surface area contributed by atoms with E-state index < -0.39 is 0 Å². The zero-order chi connectivity index (χ0) is 17.6. The molecule has 1 aromatic rings. The number of benzene rings is 1. The van der Waals surface area contributed by atoms with Gasteiger partial charge in [0.25, 0.3) is 0 Å². The zero-order valence-electron chi connectivity index (χ0n) is 14.4. The van der Waals surface area contributed by atoms with Gasteiger partial charge in [-0.05, 0) is 24.1 Å². The predicted molar refractivity (Wildman–Crippen MR) is 89.8 cm³/mol. The van der Waals surface area contributed by atoms with Gasteiger partial charge in [0.05, 0.1) is 25.7 Å². The van der Waals surface area contributed by atoms with Crippen LogP contribution in [0.3, 0.4) is 0 Å². The summed E-state index contributed by atoms with van der Waals surface area (Å²) in [6, 6.07) is 7.60. The van der Waals surface area contributed by atoms with Gasteiger partial charge >= 0.3 is 0 Å². The molecule has 7 nitrogen and oxygen atoms in total. The van der Waals surface area contributed by atoms with Crippen LogP contribution in [0, 0.1) is 5.92 Å². The van der Waals surface area contributed by atoms with Crippen molar-refractivity contribution in [1.82, 2.24) is 10.2 Å². The minimum Gasteiger partial charge on any atom is -0.497 e. The van der Waals surface area contributed by atoms with Gasteiger partial charge in [0.2, 0.25) is 11.8 Å². The van der Waals surface area contributed by atoms with E-state index in [9.17, 15) is 9.59 Å². The molecule has 0 aliphatic carbocycles. The van der Waals surface area contributed by atoms with Gasteiger partial charge in [0, 0.05) is 26.1 Å². The standard InChI is InChI=1S/C18H24N2O5/c1-23-15-4-2-13(3-5-15)10-20-11-14(8-17(20)21)18(22)19-9-16-6-7-24-12-25-16/h2-5,14,16H,6-12H2,1H3,(H,19,22)/t14-,16-/m1/s1. The molecule has 2 heterocycles. The van der Waals surface area contributed by atoms with E-state index >= 15 is 0 Å². The smallest absolute Gasteiger partial charge is 0.225 e. The molecular weight excluding hydrogens is 324 g/mol. The molecule has 2 atom stereocenters. The number of methoxy groups -OCH3 is 1. The summed E-state index contributed by atoms with van der Waals surface area (Å²) in [4.78, 5) is 26.3. The molecule has 0 saturated carbocycles. The minimum absolute atomic E-state index is 0.00907. The fraction of sp³-hybridized carbons (Fsp3) is 0.556. The Bertz CT molecular complexity index is 598. The Hall–Kier alpha value is -2.12. The van der Waals surface area contributed by atoms with Crippen LogP contribution in [-0.4, -0.2) is 56.4 Å². The fourth-order valence-corrected chi connectivity index (χ4v) is 3.07. The third-order valence-electron chi connectivity index (χ3n) is 4.59. The van der Waals surface area contributed by atoms with Crippen molar-refractivity contribution in [3.05, 3.63) is 29.8 Å². The van der Waals surface area contributed by atoms with E-state index in [0.29, 0.717) is 26.2 Å². The van der Waals surface area contributed by atoms with Gasteiger partial charge in [-0.25, -0.2) is 0 Å². The zero-order valence-corrected chi connectivity index (χ0v) is 14.4. The third-order valence-corrected chi connectivity index (χ3v) is 4.59. The fourth-order valence-electron chi connectivity index (χ4n) is 3.07. The largest absolute Gasteiger partial charge is 0.497 e. The van der Waals surface area contributed by atoms with Gasteiger partial charge in [0.1, 0.15) is 12.5 Å². The Morgan fingerprint density at radius 3 is 2.84 bits per heavy atom. The first kappa shape index (κ1) is 17.7. The van der Waals surface area contributed by atoms with Crippen molar-refractivity contribution in [3.63, 3.8) is 0 Å². The van der Waals surface area contributed by atoms with E-state index in [2.05, 4.69) is 5.32 Å². The highest BCUT2D eigenvalue weighted by atomic mass is 16.7. The van der Waals surface area contributed by atoms with Crippen molar-refractivity contribution in [2.24, 2.45) is 5.92 Å². The molecule has 25 heavy (non-hydrogen) atoms. The molecule has 2 aliphatic rings. The lowest BCUT2D eigenvalue weighted by Gasteiger charge is -2.23.